The summed E-state index contributed by atoms with van der Waals surface area (Å²) < 4.78 is 13.5. The summed E-state index contributed by atoms with van der Waals surface area (Å²) in [5, 5.41) is 10.4. The molecule has 5 aromatic rings. The van der Waals surface area contributed by atoms with E-state index in [1.807, 2.05) is 33.0 Å². The van der Waals surface area contributed by atoms with Crippen LogP contribution >= 0.6 is 12.2 Å². The van der Waals surface area contributed by atoms with E-state index in [2.05, 4.69) is 53.4 Å². The summed E-state index contributed by atoms with van der Waals surface area (Å²) in [5.41, 5.74) is 6.43. The maximum atomic E-state index is 13.0. The molecule has 1 amide bonds. The summed E-state index contributed by atoms with van der Waals surface area (Å²) >= 11 is 5.68. The summed E-state index contributed by atoms with van der Waals surface area (Å²) in [6.45, 7) is 7.45. The third-order valence-corrected chi connectivity index (χ3v) is 8.65. The Morgan fingerprint density at radius 2 is 1.95 bits per heavy atom. The topological polar surface area (TPSA) is 140 Å². The molecule has 4 aromatic heterocycles. The molecule has 1 aliphatic heterocycles. The number of aryl methyl sites for hydroxylation is 1. The quantitative estimate of drug-likeness (QED) is 0.210. The zero-order valence-electron chi connectivity index (χ0n) is 24.4. The van der Waals surface area contributed by atoms with Crippen molar-refractivity contribution in [2.75, 3.05) is 13.2 Å². The molecule has 5 heterocycles. The largest absolute Gasteiger partial charge is 0.381 e. The van der Waals surface area contributed by atoms with Gasteiger partial charge in [-0.05, 0) is 54.9 Å². The van der Waals surface area contributed by atoms with Gasteiger partial charge in [0.25, 0.3) is 0 Å². The van der Waals surface area contributed by atoms with E-state index in [4.69, 9.17) is 26.5 Å². The highest BCUT2D eigenvalue weighted by Gasteiger charge is 2.28. The lowest BCUT2D eigenvalue weighted by Crippen LogP contribution is -2.31. The van der Waals surface area contributed by atoms with Crippen molar-refractivity contribution < 1.29 is 14.1 Å². The molecule has 0 spiro atoms. The van der Waals surface area contributed by atoms with Crippen LogP contribution in [0, 0.1) is 4.64 Å². The lowest BCUT2D eigenvalue weighted by molar-refractivity contribution is 0.0662. The van der Waals surface area contributed by atoms with Gasteiger partial charge in [-0.3, -0.25) is 14.6 Å². The molecular formula is C31H34N8O3S. The first-order chi connectivity index (χ1) is 20.7. The van der Waals surface area contributed by atoms with Crippen molar-refractivity contribution in [2.24, 2.45) is 0 Å². The van der Waals surface area contributed by atoms with Crippen molar-refractivity contribution in [2.45, 2.75) is 70.4 Å². The highest BCUT2D eigenvalue weighted by Crippen LogP contribution is 2.36. The van der Waals surface area contributed by atoms with Gasteiger partial charge < -0.3 is 19.6 Å². The summed E-state index contributed by atoms with van der Waals surface area (Å²) in [6, 6.07) is 8.62. The zero-order valence-corrected chi connectivity index (χ0v) is 25.3. The zero-order chi connectivity index (χ0) is 29.7. The minimum atomic E-state index is -0.352. The number of aromatic nitrogens is 7. The van der Waals surface area contributed by atoms with Gasteiger partial charge in [0.2, 0.25) is 0 Å². The van der Waals surface area contributed by atoms with Gasteiger partial charge in [0.05, 0.1) is 23.2 Å². The minimum Gasteiger partial charge on any atom is -0.381 e. The summed E-state index contributed by atoms with van der Waals surface area (Å²) in [7, 11) is 0. The third-order valence-electron chi connectivity index (χ3n) is 8.34. The molecule has 1 fully saturated rings. The Bertz CT molecular complexity index is 1870. The fourth-order valence-corrected chi connectivity index (χ4v) is 6.24. The van der Waals surface area contributed by atoms with Gasteiger partial charge in [-0.1, -0.05) is 56.3 Å². The Kier molecular flexibility index (Phi) is 6.97. The molecule has 1 atom stereocenters. The number of carbonyl (C=O) groups excluding carboxylic acids is 1. The number of imidazole rings is 1. The standard InChI is InChI=1S/C31H34N8O3S/c1-31(2,3)30-36-28(42-38-30)27(40)33-23-6-4-5-17-15-18(7-8-20(17)23)21-9-12-32-26-24(21)34-25(35-26)22-16-39(37-29(22)43)19-10-13-41-14-11-19/h7-9,12,15-16,19,23H,4-6,10-11,13-14H2,1-3H3,(H,33,40)(H,37,43)(H,32,34,35). The highest BCUT2D eigenvalue weighted by molar-refractivity contribution is 7.71. The van der Waals surface area contributed by atoms with Crippen molar-refractivity contribution in [1.29, 1.82) is 0 Å². The molecule has 0 radical (unpaired) electrons. The predicted molar refractivity (Wildman–Crippen MR) is 163 cm³/mol. The molecule has 1 aliphatic carbocycles. The number of aromatic amines is 2. The van der Waals surface area contributed by atoms with Crippen LogP contribution in [0.2, 0.25) is 0 Å². The Morgan fingerprint density at radius 3 is 2.74 bits per heavy atom. The van der Waals surface area contributed by atoms with Crippen molar-refractivity contribution in [3.05, 3.63) is 64.1 Å². The molecule has 11 nitrogen and oxygen atoms in total. The smallest absolute Gasteiger partial charge is 0.315 e. The number of H-pyrrole nitrogens is 2. The summed E-state index contributed by atoms with van der Waals surface area (Å²) in [4.78, 5) is 30.2. The molecule has 1 aromatic carbocycles. The number of amides is 1. The van der Waals surface area contributed by atoms with E-state index in [0.29, 0.717) is 28.0 Å². The van der Waals surface area contributed by atoms with Crippen molar-refractivity contribution in [3.8, 4) is 22.5 Å². The number of pyridine rings is 1. The fraction of sp³-hybridized carbons (Fsp3) is 0.419. The van der Waals surface area contributed by atoms with E-state index in [9.17, 15) is 4.79 Å². The minimum absolute atomic E-state index is 0.00849. The molecule has 1 unspecified atom stereocenters. The lowest BCUT2D eigenvalue weighted by Gasteiger charge is -2.26. The Balaban J connectivity index is 1.16. The van der Waals surface area contributed by atoms with E-state index in [1.165, 1.54) is 5.56 Å². The number of hydrogen-bond acceptors (Lipinski definition) is 8. The third kappa shape index (κ3) is 5.29. The number of benzene rings is 1. The van der Waals surface area contributed by atoms with Crippen molar-refractivity contribution in [1.82, 2.24) is 40.2 Å². The van der Waals surface area contributed by atoms with Crippen LogP contribution < -0.4 is 5.32 Å². The van der Waals surface area contributed by atoms with Gasteiger partial charge in [0, 0.05) is 36.6 Å². The van der Waals surface area contributed by atoms with E-state index in [1.54, 1.807) is 6.20 Å². The van der Waals surface area contributed by atoms with Crippen LogP contribution in [0.5, 0.6) is 0 Å². The number of fused-ring (bicyclic) bond motifs is 2. The molecule has 12 heteroatoms. The Hall–Kier alpha value is -4.16. The van der Waals surface area contributed by atoms with Crippen LogP contribution in [0.1, 0.15) is 86.2 Å². The molecule has 1 saturated heterocycles. The van der Waals surface area contributed by atoms with Gasteiger partial charge >= 0.3 is 11.8 Å². The van der Waals surface area contributed by atoms with Gasteiger partial charge in [0.15, 0.2) is 11.5 Å². The lowest BCUT2D eigenvalue weighted by atomic mass is 9.85. The summed E-state index contributed by atoms with van der Waals surface area (Å²) in [5.74, 6) is 0.843. The maximum absolute atomic E-state index is 13.0. The molecule has 43 heavy (non-hydrogen) atoms. The SMILES string of the molecule is CC(C)(C)c1noc(C(=O)NC2CCCc3cc(-c4ccnc5nc(-c6cn(C7CCOCC7)[nH]c6=S)[nH]c45)ccc32)n1. The van der Waals surface area contributed by atoms with E-state index >= 15 is 0 Å². The van der Waals surface area contributed by atoms with Gasteiger partial charge in [0.1, 0.15) is 10.5 Å². The van der Waals surface area contributed by atoms with Crippen LogP contribution in [0.3, 0.4) is 0 Å². The van der Waals surface area contributed by atoms with Crippen LogP contribution in [0.4, 0.5) is 0 Å². The monoisotopic (exact) mass is 598 g/mol. The predicted octanol–water partition coefficient (Wildman–Crippen LogP) is 5.99. The molecular weight excluding hydrogens is 564 g/mol. The molecule has 2 aliphatic rings. The molecule has 3 N–H and O–H groups in total. The van der Waals surface area contributed by atoms with Crippen molar-refractivity contribution >= 4 is 29.3 Å². The van der Waals surface area contributed by atoms with Crippen LogP contribution in [-0.4, -0.2) is 54.0 Å². The normalized spacial score (nSPS) is 17.7. The average Bonchev–Trinajstić information content (AvgIpc) is 3.75. The Labute approximate surface area is 253 Å². The molecule has 0 bridgehead atoms. The van der Waals surface area contributed by atoms with Crippen LogP contribution in [0.15, 0.2) is 41.2 Å². The number of hydrogen-bond donors (Lipinski definition) is 3. The summed E-state index contributed by atoms with van der Waals surface area (Å²) in [6.07, 6.45) is 8.46. The highest BCUT2D eigenvalue weighted by atomic mass is 32.1. The molecule has 7 rings (SSSR count). The number of nitrogens with zero attached hydrogens (tertiary/aromatic N) is 5. The van der Waals surface area contributed by atoms with Crippen LogP contribution in [-0.2, 0) is 16.6 Å². The molecule has 222 valence electrons. The van der Waals surface area contributed by atoms with Crippen LogP contribution in [0.25, 0.3) is 33.7 Å². The second-order valence-electron chi connectivity index (χ2n) is 12.4. The number of rotatable bonds is 5. The van der Waals surface area contributed by atoms with Gasteiger partial charge in [-0.25, -0.2) is 9.97 Å². The average molecular weight is 599 g/mol. The van der Waals surface area contributed by atoms with Gasteiger partial charge in [-0.2, -0.15) is 4.98 Å². The first-order valence-electron chi connectivity index (χ1n) is 14.8. The number of nitrogens with one attached hydrogen (secondary N) is 3. The second-order valence-corrected chi connectivity index (χ2v) is 12.8. The number of ether oxygens (including phenoxy) is 1. The fourth-order valence-electron chi connectivity index (χ4n) is 5.99. The second kappa shape index (κ2) is 10.8. The van der Waals surface area contributed by atoms with E-state index < -0.39 is 0 Å². The first-order valence-corrected chi connectivity index (χ1v) is 15.2. The molecule has 0 saturated carbocycles. The first kappa shape index (κ1) is 27.7. The Morgan fingerprint density at radius 1 is 1.12 bits per heavy atom. The maximum Gasteiger partial charge on any atom is 0.315 e. The number of carbonyl (C=O) groups is 1. The van der Waals surface area contributed by atoms with Crippen molar-refractivity contribution in [3.63, 3.8) is 0 Å². The van der Waals surface area contributed by atoms with Gasteiger partial charge in [-0.15, -0.1) is 0 Å². The van der Waals surface area contributed by atoms with E-state index in [-0.39, 0.29) is 23.3 Å². The van der Waals surface area contributed by atoms with E-state index in [0.717, 1.165) is 73.1 Å².